The summed E-state index contributed by atoms with van der Waals surface area (Å²) in [6, 6.07) is 7.52. The van der Waals surface area contributed by atoms with E-state index in [2.05, 4.69) is 11.7 Å². The lowest BCUT2D eigenvalue weighted by molar-refractivity contribution is 0.363. The van der Waals surface area contributed by atoms with Crippen molar-refractivity contribution < 1.29 is 4.74 Å². The Morgan fingerprint density at radius 2 is 2.38 bits per heavy atom. The Morgan fingerprint density at radius 1 is 1.54 bits per heavy atom. The molecule has 1 aromatic rings. The first-order valence-corrected chi connectivity index (χ1v) is 3.94. The maximum Gasteiger partial charge on any atom is 0.120 e. The van der Waals surface area contributed by atoms with Gasteiger partial charge in [0.2, 0.25) is 0 Å². The van der Waals surface area contributed by atoms with Crippen LogP contribution < -0.4 is 10.6 Å². The van der Waals surface area contributed by atoms with Crippen LogP contribution in [0, 0.1) is 0 Å². The van der Waals surface area contributed by atoms with Gasteiger partial charge in [-0.2, -0.15) is 5.10 Å². The van der Waals surface area contributed by atoms with Crippen molar-refractivity contribution >= 4 is 6.21 Å². The zero-order valence-electron chi connectivity index (χ0n) is 7.31. The Labute approximate surface area is 77.5 Å². The van der Waals surface area contributed by atoms with Crippen LogP contribution in [0.3, 0.4) is 0 Å². The summed E-state index contributed by atoms with van der Waals surface area (Å²) in [4.78, 5) is 0. The second-order valence-corrected chi connectivity index (χ2v) is 2.45. The van der Waals surface area contributed by atoms with Crippen LogP contribution in [-0.4, -0.2) is 12.8 Å². The Balaban J connectivity index is 2.72. The van der Waals surface area contributed by atoms with Crippen molar-refractivity contribution in [2.45, 2.75) is 0 Å². The number of benzene rings is 1. The van der Waals surface area contributed by atoms with Gasteiger partial charge in [-0.3, -0.25) is 0 Å². The first-order valence-electron chi connectivity index (χ1n) is 3.94. The van der Waals surface area contributed by atoms with Crippen LogP contribution >= 0.6 is 0 Å². The Morgan fingerprint density at radius 3 is 3.08 bits per heavy atom. The van der Waals surface area contributed by atoms with E-state index in [1.54, 1.807) is 12.3 Å². The topological polar surface area (TPSA) is 47.6 Å². The Kier molecular flexibility index (Phi) is 3.57. The molecule has 3 nitrogen and oxygen atoms in total. The maximum atomic E-state index is 5.32. The molecule has 0 unspecified atom stereocenters. The molecule has 0 heterocycles. The monoisotopic (exact) mass is 176 g/mol. The number of nitrogens with two attached hydrogens (primary N) is 1. The van der Waals surface area contributed by atoms with Gasteiger partial charge in [0, 0.05) is 0 Å². The van der Waals surface area contributed by atoms with E-state index in [-0.39, 0.29) is 0 Å². The highest BCUT2D eigenvalue weighted by atomic mass is 16.5. The summed E-state index contributed by atoms with van der Waals surface area (Å²) in [5.41, 5.74) is 0.920. The highest BCUT2D eigenvalue weighted by Gasteiger charge is 1.92. The molecule has 0 amide bonds. The molecule has 0 bridgehead atoms. The lowest BCUT2D eigenvalue weighted by Crippen LogP contribution is -1.93. The summed E-state index contributed by atoms with van der Waals surface area (Å²) in [5, 5.41) is 3.43. The predicted octanol–water partition coefficient (Wildman–Crippen LogP) is 1.54. The van der Waals surface area contributed by atoms with Gasteiger partial charge in [-0.1, -0.05) is 24.8 Å². The van der Waals surface area contributed by atoms with E-state index in [4.69, 9.17) is 10.6 Å². The summed E-state index contributed by atoms with van der Waals surface area (Å²) in [6.07, 6.45) is 3.27. The van der Waals surface area contributed by atoms with Gasteiger partial charge in [0.1, 0.15) is 12.4 Å². The molecular weight excluding hydrogens is 164 g/mol. The van der Waals surface area contributed by atoms with E-state index in [0.29, 0.717) is 6.61 Å². The molecule has 1 aromatic carbocycles. The van der Waals surface area contributed by atoms with Crippen molar-refractivity contribution in [3.8, 4) is 5.75 Å². The van der Waals surface area contributed by atoms with Crippen LogP contribution in [0.2, 0.25) is 0 Å². The number of ether oxygens (including phenoxy) is 1. The fraction of sp³-hybridized carbons (Fsp3) is 0.100. The summed E-state index contributed by atoms with van der Waals surface area (Å²) >= 11 is 0. The highest BCUT2D eigenvalue weighted by Crippen LogP contribution is 2.11. The van der Waals surface area contributed by atoms with E-state index >= 15 is 0 Å². The lowest BCUT2D eigenvalue weighted by atomic mass is 10.2. The van der Waals surface area contributed by atoms with Crippen molar-refractivity contribution in [2.75, 3.05) is 6.61 Å². The first-order chi connectivity index (χ1) is 6.36. The highest BCUT2D eigenvalue weighted by molar-refractivity contribution is 5.79. The Hall–Kier alpha value is -1.77. The number of hydrazone groups is 1. The molecule has 3 heteroatoms. The van der Waals surface area contributed by atoms with Gasteiger partial charge in [-0.25, -0.2) is 0 Å². The maximum absolute atomic E-state index is 5.32. The molecule has 0 fully saturated rings. The molecule has 0 aliphatic rings. The van der Waals surface area contributed by atoms with Gasteiger partial charge >= 0.3 is 0 Å². The van der Waals surface area contributed by atoms with E-state index in [1.807, 2.05) is 24.3 Å². The molecule has 0 atom stereocenters. The van der Waals surface area contributed by atoms with Crippen LogP contribution in [0.15, 0.2) is 42.0 Å². The quantitative estimate of drug-likeness (QED) is 0.327. The minimum absolute atomic E-state index is 0.503. The van der Waals surface area contributed by atoms with Crippen LogP contribution in [0.4, 0.5) is 0 Å². The van der Waals surface area contributed by atoms with Crippen LogP contribution in [0.1, 0.15) is 5.56 Å². The Bertz CT molecular complexity index is 308. The molecule has 0 aliphatic heterocycles. The second-order valence-electron chi connectivity index (χ2n) is 2.45. The molecular formula is C10H12N2O. The minimum atomic E-state index is 0.503. The standard InChI is InChI=1S/C10H12N2O/c1-2-6-13-10-5-3-4-9(7-10)8-12-11/h2-5,7-8H,1,6,11H2. The number of hydrogen-bond donors (Lipinski definition) is 1. The third-order valence-electron chi connectivity index (χ3n) is 1.45. The SMILES string of the molecule is C=CCOc1cccc(C=NN)c1. The fourth-order valence-electron chi connectivity index (χ4n) is 0.926. The largest absolute Gasteiger partial charge is 0.490 e. The minimum Gasteiger partial charge on any atom is -0.490 e. The first kappa shape index (κ1) is 9.32. The van der Waals surface area contributed by atoms with E-state index in [9.17, 15) is 0 Å². The fourth-order valence-corrected chi connectivity index (χ4v) is 0.926. The van der Waals surface area contributed by atoms with Gasteiger partial charge in [-0.05, 0) is 17.7 Å². The number of rotatable bonds is 4. The molecule has 1 rings (SSSR count). The smallest absolute Gasteiger partial charge is 0.120 e. The predicted molar refractivity (Wildman–Crippen MR) is 53.9 cm³/mol. The summed E-state index contributed by atoms with van der Waals surface area (Å²) < 4.78 is 5.32. The number of nitrogens with zero attached hydrogens (tertiary/aromatic N) is 1. The van der Waals surface area contributed by atoms with Gasteiger partial charge in [0.05, 0.1) is 6.21 Å². The summed E-state index contributed by atoms with van der Waals surface area (Å²) in [6.45, 7) is 4.07. The lowest BCUT2D eigenvalue weighted by Gasteiger charge is -2.02. The third kappa shape index (κ3) is 2.99. The average molecular weight is 176 g/mol. The van der Waals surface area contributed by atoms with Crippen molar-refractivity contribution in [3.05, 3.63) is 42.5 Å². The molecule has 0 aromatic heterocycles. The van der Waals surface area contributed by atoms with Crippen molar-refractivity contribution in [1.29, 1.82) is 0 Å². The zero-order chi connectivity index (χ0) is 9.52. The van der Waals surface area contributed by atoms with Crippen LogP contribution in [0.5, 0.6) is 5.75 Å². The molecule has 0 spiro atoms. The normalized spacial score (nSPS) is 10.2. The van der Waals surface area contributed by atoms with Crippen LogP contribution in [0.25, 0.3) is 0 Å². The molecule has 0 saturated heterocycles. The van der Waals surface area contributed by atoms with Gasteiger partial charge < -0.3 is 10.6 Å². The molecule has 13 heavy (non-hydrogen) atoms. The molecule has 68 valence electrons. The van der Waals surface area contributed by atoms with Gasteiger partial charge in [0.25, 0.3) is 0 Å². The summed E-state index contributed by atoms with van der Waals surface area (Å²) in [7, 11) is 0. The van der Waals surface area contributed by atoms with Gasteiger partial charge in [0.15, 0.2) is 0 Å². The second kappa shape index (κ2) is 4.98. The zero-order valence-corrected chi connectivity index (χ0v) is 7.31. The average Bonchev–Trinajstić information content (AvgIpc) is 2.16. The van der Waals surface area contributed by atoms with Crippen molar-refractivity contribution in [3.63, 3.8) is 0 Å². The van der Waals surface area contributed by atoms with E-state index in [1.165, 1.54) is 0 Å². The van der Waals surface area contributed by atoms with Crippen LogP contribution in [-0.2, 0) is 0 Å². The molecule has 0 saturated carbocycles. The molecule has 0 aliphatic carbocycles. The summed E-state index contributed by atoms with van der Waals surface area (Å²) in [5.74, 6) is 5.81. The van der Waals surface area contributed by atoms with Crippen molar-refractivity contribution in [2.24, 2.45) is 10.9 Å². The van der Waals surface area contributed by atoms with Crippen molar-refractivity contribution in [1.82, 2.24) is 0 Å². The van der Waals surface area contributed by atoms with E-state index < -0.39 is 0 Å². The third-order valence-corrected chi connectivity index (χ3v) is 1.45. The van der Waals surface area contributed by atoms with Gasteiger partial charge in [-0.15, -0.1) is 0 Å². The molecule has 2 N–H and O–H groups in total. The van der Waals surface area contributed by atoms with E-state index in [0.717, 1.165) is 11.3 Å². The molecule has 0 radical (unpaired) electrons. The number of hydrogen-bond acceptors (Lipinski definition) is 3.